The van der Waals surface area contributed by atoms with E-state index >= 15 is 0 Å². The van der Waals surface area contributed by atoms with Gasteiger partial charge >= 0.3 is 0 Å². The minimum Gasteiger partial charge on any atom is -0.496 e. The third-order valence-electron chi connectivity index (χ3n) is 4.78. The Hall–Kier alpha value is -2.89. The van der Waals surface area contributed by atoms with Crippen LogP contribution in [-0.4, -0.2) is 40.4 Å². The Labute approximate surface area is 147 Å². The van der Waals surface area contributed by atoms with E-state index < -0.39 is 0 Å². The number of tetrazole rings is 1. The van der Waals surface area contributed by atoms with Crippen LogP contribution in [0.1, 0.15) is 23.5 Å². The molecular formula is C19H21N5O. The van der Waals surface area contributed by atoms with E-state index in [9.17, 15) is 0 Å². The maximum Gasteiger partial charge on any atom is 0.250 e. The number of anilines is 1. The van der Waals surface area contributed by atoms with Crippen LogP contribution < -0.4 is 9.64 Å². The van der Waals surface area contributed by atoms with E-state index in [1.54, 1.807) is 7.11 Å². The lowest BCUT2D eigenvalue weighted by Gasteiger charge is -2.18. The van der Waals surface area contributed by atoms with E-state index in [2.05, 4.69) is 51.6 Å². The quantitative estimate of drug-likeness (QED) is 0.734. The molecule has 1 fully saturated rings. The number of aryl methyl sites for hydroxylation is 1. The Balaban J connectivity index is 1.59. The molecule has 0 amide bonds. The van der Waals surface area contributed by atoms with Crippen molar-refractivity contribution in [2.24, 2.45) is 0 Å². The molecule has 6 nitrogen and oxygen atoms in total. The monoisotopic (exact) mass is 335 g/mol. The van der Waals surface area contributed by atoms with E-state index in [0.717, 1.165) is 36.9 Å². The summed E-state index contributed by atoms with van der Waals surface area (Å²) in [6.07, 6.45) is 1.06. The minimum absolute atomic E-state index is 0.416. The fraction of sp³-hybridized carbons (Fsp3) is 0.316. The van der Waals surface area contributed by atoms with Crippen molar-refractivity contribution in [1.82, 2.24) is 20.2 Å². The number of benzene rings is 2. The van der Waals surface area contributed by atoms with Crippen LogP contribution in [0, 0.1) is 6.92 Å². The van der Waals surface area contributed by atoms with E-state index in [1.807, 2.05) is 28.9 Å². The van der Waals surface area contributed by atoms with Crippen LogP contribution in [0.3, 0.4) is 0 Å². The third kappa shape index (κ3) is 2.95. The molecule has 0 bridgehead atoms. The van der Waals surface area contributed by atoms with E-state index in [-0.39, 0.29) is 0 Å². The lowest BCUT2D eigenvalue weighted by molar-refractivity contribution is 0.406. The Kier molecular flexibility index (Phi) is 4.09. The molecule has 1 unspecified atom stereocenters. The van der Waals surface area contributed by atoms with Crippen LogP contribution in [-0.2, 0) is 0 Å². The van der Waals surface area contributed by atoms with Crippen molar-refractivity contribution in [2.75, 3.05) is 25.1 Å². The number of ether oxygens (including phenoxy) is 1. The lowest BCUT2D eigenvalue weighted by Crippen LogP contribution is -2.23. The number of nitrogens with zero attached hydrogens (tertiary/aromatic N) is 5. The minimum atomic E-state index is 0.416. The Morgan fingerprint density at radius 2 is 1.88 bits per heavy atom. The summed E-state index contributed by atoms with van der Waals surface area (Å²) in [7, 11) is 1.73. The molecular weight excluding hydrogens is 314 g/mol. The zero-order valence-electron chi connectivity index (χ0n) is 14.5. The van der Waals surface area contributed by atoms with Gasteiger partial charge in [0.1, 0.15) is 5.75 Å². The summed E-state index contributed by atoms with van der Waals surface area (Å²) in [4.78, 5) is 2.25. The number of hydrogen-bond acceptors (Lipinski definition) is 5. The lowest BCUT2D eigenvalue weighted by atomic mass is 9.97. The maximum absolute atomic E-state index is 5.52. The van der Waals surface area contributed by atoms with Crippen molar-refractivity contribution < 1.29 is 4.74 Å². The molecule has 0 radical (unpaired) electrons. The number of para-hydroxylation sites is 1. The van der Waals surface area contributed by atoms with Crippen molar-refractivity contribution in [3.05, 3.63) is 59.7 Å². The molecule has 0 N–H and O–H groups in total. The normalized spacial score (nSPS) is 17.0. The summed E-state index contributed by atoms with van der Waals surface area (Å²) in [5.74, 6) is 2.16. The van der Waals surface area contributed by atoms with Crippen molar-refractivity contribution >= 4 is 5.95 Å². The average Bonchev–Trinajstić information content (AvgIpc) is 3.31. The first-order valence-corrected chi connectivity index (χ1v) is 8.49. The van der Waals surface area contributed by atoms with Crippen LogP contribution in [0.2, 0.25) is 0 Å². The molecule has 4 rings (SSSR count). The predicted octanol–water partition coefficient (Wildman–Crippen LogP) is 2.97. The average molecular weight is 335 g/mol. The van der Waals surface area contributed by atoms with Gasteiger partial charge in [-0.25, -0.2) is 0 Å². The number of hydrogen-bond donors (Lipinski definition) is 0. The molecule has 1 aromatic heterocycles. The highest BCUT2D eigenvalue weighted by Crippen LogP contribution is 2.35. The van der Waals surface area contributed by atoms with Gasteiger partial charge in [0.15, 0.2) is 0 Å². The Bertz CT molecular complexity index is 858. The smallest absolute Gasteiger partial charge is 0.250 e. The molecule has 2 heterocycles. The number of rotatable bonds is 4. The molecule has 1 atom stereocenters. The van der Waals surface area contributed by atoms with Gasteiger partial charge in [-0.1, -0.05) is 41.0 Å². The largest absolute Gasteiger partial charge is 0.496 e. The fourth-order valence-corrected chi connectivity index (χ4v) is 3.43. The predicted molar refractivity (Wildman–Crippen MR) is 96.5 cm³/mol. The summed E-state index contributed by atoms with van der Waals surface area (Å²) in [6, 6.07) is 16.5. The van der Waals surface area contributed by atoms with E-state index in [0.29, 0.717) is 5.92 Å². The van der Waals surface area contributed by atoms with Crippen LogP contribution in [0.5, 0.6) is 5.75 Å². The second-order valence-electron chi connectivity index (χ2n) is 6.40. The van der Waals surface area contributed by atoms with Crippen LogP contribution in [0.25, 0.3) is 5.69 Å². The number of methoxy groups -OCH3 is 1. The molecule has 25 heavy (non-hydrogen) atoms. The van der Waals surface area contributed by atoms with Crippen molar-refractivity contribution in [3.8, 4) is 11.4 Å². The summed E-state index contributed by atoms with van der Waals surface area (Å²) in [5.41, 5.74) is 3.45. The van der Waals surface area contributed by atoms with Gasteiger partial charge in [-0.3, -0.25) is 0 Å². The highest BCUT2D eigenvalue weighted by molar-refractivity contribution is 5.45. The summed E-state index contributed by atoms with van der Waals surface area (Å²) in [5, 5.41) is 12.3. The summed E-state index contributed by atoms with van der Waals surface area (Å²) >= 11 is 0. The molecule has 2 aromatic carbocycles. The first-order valence-electron chi connectivity index (χ1n) is 8.49. The highest BCUT2D eigenvalue weighted by Gasteiger charge is 2.29. The van der Waals surface area contributed by atoms with Gasteiger partial charge in [0, 0.05) is 19.0 Å². The van der Waals surface area contributed by atoms with E-state index in [4.69, 9.17) is 4.74 Å². The van der Waals surface area contributed by atoms with Gasteiger partial charge in [-0.05, 0) is 47.5 Å². The van der Waals surface area contributed by atoms with Gasteiger partial charge in [0.2, 0.25) is 5.95 Å². The zero-order chi connectivity index (χ0) is 17.2. The van der Waals surface area contributed by atoms with Gasteiger partial charge in [0.25, 0.3) is 0 Å². The van der Waals surface area contributed by atoms with Gasteiger partial charge in [-0.15, -0.1) is 0 Å². The van der Waals surface area contributed by atoms with Crippen LogP contribution in [0.15, 0.2) is 48.5 Å². The second-order valence-corrected chi connectivity index (χ2v) is 6.40. The van der Waals surface area contributed by atoms with Gasteiger partial charge < -0.3 is 9.64 Å². The first kappa shape index (κ1) is 15.6. The van der Waals surface area contributed by atoms with Gasteiger partial charge in [0.05, 0.1) is 12.8 Å². The van der Waals surface area contributed by atoms with Crippen LogP contribution >= 0.6 is 0 Å². The highest BCUT2D eigenvalue weighted by atomic mass is 16.5. The van der Waals surface area contributed by atoms with E-state index in [1.165, 1.54) is 11.1 Å². The summed E-state index contributed by atoms with van der Waals surface area (Å²) in [6.45, 7) is 3.88. The molecule has 1 aliphatic heterocycles. The van der Waals surface area contributed by atoms with Crippen molar-refractivity contribution in [3.63, 3.8) is 0 Å². The molecule has 0 saturated carbocycles. The first-order chi connectivity index (χ1) is 12.3. The number of aromatic nitrogens is 4. The fourth-order valence-electron chi connectivity index (χ4n) is 3.43. The molecule has 1 aliphatic rings. The molecule has 0 spiro atoms. The molecule has 1 saturated heterocycles. The third-order valence-corrected chi connectivity index (χ3v) is 4.78. The standard InChI is InChI=1S/C19H21N5O/c1-14-7-9-16(10-8-14)24-19(20-21-22-24)23-12-11-15(13-23)17-5-3-4-6-18(17)25-2/h3-10,15H,11-13H2,1-2H3. The SMILES string of the molecule is COc1ccccc1C1CCN(c2nnnn2-c2ccc(C)cc2)C1. The zero-order valence-corrected chi connectivity index (χ0v) is 14.5. The van der Waals surface area contributed by atoms with Crippen LogP contribution in [0.4, 0.5) is 5.95 Å². The topological polar surface area (TPSA) is 56.1 Å². The summed E-state index contributed by atoms with van der Waals surface area (Å²) < 4.78 is 7.33. The molecule has 128 valence electrons. The Morgan fingerprint density at radius 1 is 1.08 bits per heavy atom. The van der Waals surface area contributed by atoms with Crippen molar-refractivity contribution in [1.29, 1.82) is 0 Å². The molecule has 0 aliphatic carbocycles. The van der Waals surface area contributed by atoms with Crippen molar-refractivity contribution in [2.45, 2.75) is 19.3 Å². The second kappa shape index (κ2) is 6.55. The Morgan fingerprint density at radius 3 is 2.68 bits per heavy atom. The van der Waals surface area contributed by atoms with Gasteiger partial charge in [-0.2, -0.15) is 4.68 Å². The maximum atomic E-state index is 5.52. The molecule has 6 heteroatoms. The molecule has 3 aromatic rings.